The highest BCUT2D eigenvalue weighted by Gasteiger charge is 2.51. The standard InChI is InChI=1S/C52H45BN2O2/c1-51(2)52(3,4)57-53(56-51)42-32-40(44-22-12-11-21-43(44)37-26-28-39(29-27-37)49-25-15-16-30-54-49)31-41(33-42)45-23-13-14-24-46(45)48-35-55-50(38-19-9-6-10-20-38)34-47(48)36-17-7-5-8-18-36/h6-7,9-35H,5,8H2,1-4H3. The molecule has 0 N–H and O–H groups in total. The van der Waals surface area contributed by atoms with E-state index in [1.54, 1.807) is 0 Å². The van der Waals surface area contributed by atoms with Crippen molar-refractivity contribution in [2.45, 2.75) is 51.7 Å². The van der Waals surface area contributed by atoms with E-state index in [1.165, 1.54) is 11.1 Å². The first kappa shape index (κ1) is 36.5. The van der Waals surface area contributed by atoms with Gasteiger partial charge in [0.05, 0.1) is 22.6 Å². The molecular weight excluding hydrogens is 695 g/mol. The first-order valence-electron chi connectivity index (χ1n) is 19.9. The quantitative estimate of drug-likeness (QED) is 0.146. The van der Waals surface area contributed by atoms with Crippen molar-refractivity contribution in [3.8, 4) is 67.0 Å². The van der Waals surface area contributed by atoms with Gasteiger partial charge in [0.25, 0.3) is 0 Å². The molecule has 4 nitrogen and oxygen atoms in total. The first-order valence-corrected chi connectivity index (χ1v) is 19.9. The largest absolute Gasteiger partial charge is 0.494 e. The van der Waals surface area contributed by atoms with Gasteiger partial charge in [0, 0.05) is 29.1 Å². The van der Waals surface area contributed by atoms with Crippen LogP contribution >= 0.6 is 0 Å². The third kappa shape index (κ3) is 7.21. The molecule has 1 fully saturated rings. The molecule has 278 valence electrons. The topological polar surface area (TPSA) is 44.2 Å². The van der Waals surface area contributed by atoms with Gasteiger partial charge in [0.1, 0.15) is 0 Å². The molecule has 0 amide bonds. The molecule has 0 radical (unpaired) electrons. The van der Waals surface area contributed by atoms with Crippen LogP contribution in [-0.4, -0.2) is 28.3 Å². The summed E-state index contributed by atoms with van der Waals surface area (Å²) >= 11 is 0. The van der Waals surface area contributed by atoms with Crippen LogP contribution in [0.3, 0.4) is 0 Å². The molecule has 0 atom stereocenters. The van der Waals surface area contributed by atoms with Crippen molar-refractivity contribution >= 4 is 18.2 Å². The van der Waals surface area contributed by atoms with Gasteiger partial charge in [0.2, 0.25) is 0 Å². The van der Waals surface area contributed by atoms with Gasteiger partial charge in [0.15, 0.2) is 0 Å². The summed E-state index contributed by atoms with van der Waals surface area (Å²) in [6.45, 7) is 8.44. The molecule has 2 aromatic heterocycles. The van der Waals surface area contributed by atoms with Gasteiger partial charge in [-0.2, -0.15) is 0 Å². The van der Waals surface area contributed by atoms with Crippen LogP contribution < -0.4 is 5.46 Å². The molecule has 5 aromatic carbocycles. The lowest BCUT2D eigenvalue weighted by molar-refractivity contribution is 0.00578. The molecule has 1 aliphatic carbocycles. The third-order valence-corrected chi connectivity index (χ3v) is 11.7. The highest BCUT2D eigenvalue weighted by Crippen LogP contribution is 2.42. The first-order chi connectivity index (χ1) is 27.7. The van der Waals surface area contributed by atoms with Gasteiger partial charge in [-0.25, -0.2) is 0 Å². The Balaban J connectivity index is 1.21. The van der Waals surface area contributed by atoms with Gasteiger partial charge in [-0.15, -0.1) is 0 Å². The lowest BCUT2D eigenvalue weighted by atomic mass is 9.75. The molecule has 7 aromatic rings. The van der Waals surface area contributed by atoms with Gasteiger partial charge >= 0.3 is 7.12 Å². The molecule has 1 aliphatic heterocycles. The van der Waals surface area contributed by atoms with Crippen LogP contribution in [-0.2, 0) is 9.31 Å². The van der Waals surface area contributed by atoms with E-state index < -0.39 is 18.3 Å². The average molecular weight is 741 g/mol. The molecule has 0 saturated carbocycles. The summed E-state index contributed by atoms with van der Waals surface area (Å²) in [7, 11) is -0.536. The van der Waals surface area contributed by atoms with Crippen molar-refractivity contribution in [2.75, 3.05) is 0 Å². The fourth-order valence-corrected chi connectivity index (χ4v) is 7.88. The van der Waals surface area contributed by atoms with Crippen molar-refractivity contribution in [3.63, 3.8) is 0 Å². The van der Waals surface area contributed by atoms with E-state index in [1.807, 2.05) is 30.5 Å². The van der Waals surface area contributed by atoms with Crippen molar-refractivity contribution in [1.29, 1.82) is 0 Å². The van der Waals surface area contributed by atoms with Crippen molar-refractivity contribution in [3.05, 3.63) is 182 Å². The minimum atomic E-state index is -0.536. The van der Waals surface area contributed by atoms with E-state index in [-0.39, 0.29) is 0 Å². The molecule has 0 bridgehead atoms. The molecular formula is C52H45BN2O2. The maximum Gasteiger partial charge on any atom is 0.494 e. The Bertz CT molecular complexity index is 2610. The normalized spacial score (nSPS) is 15.7. The van der Waals surface area contributed by atoms with E-state index in [0.29, 0.717) is 0 Å². The van der Waals surface area contributed by atoms with Gasteiger partial charge in [-0.3, -0.25) is 9.97 Å². The van der Waals surface area contributed by atoms with Gasteiger partial charge in [-0.1, -0.05) is 140 Å². The molecule has 0 unspecified atom stereocenters. The van der Waals surface area contributed by atoms with E-state index >= 15 is 0 Å². The zero-order valence-corrected chi connectivity index (χ0v) is 32.9. The van der Waals surface area contributed by atoms with Crippen LogP contribution in [0.2, 0.25) is 0 Å². The van der Waals surface area contributed by atoms with Gasteiger partial charge in [-0.05, 0) is 120 Å². The summed E-state index contributed by atoms with van der Waals surface area (Å²) in [6, 6.07) is 51.6. The third-order valence-electron chi connectivity index (χ3n) is 11.7. The Morgan fingerprint density at radius 2 is 1.05 bits per heavy atom. The molecule has 2 aliphatic rings. The molecule has 3 heterocycles. The number of rotatable bonds is 8. The number of allylic oxidation sites excluding steroid dienone is 4. The summed E-state index contributed by atoms with van der Waals surface area (Å²) in [4.78, 5) is 9.64. The molecule has 5 heteroatoms. The van der Waals surface area contributed by atoms with Crippen LogP contribution in [0.15, 0.2) is 176 Å². The van der Waals surface area contributed by atoms with E-state index in [4.69, 9.17) is 14.3 Å². The zero-order chi connectivity index (χ0) is 39.0. The maximum atomic E-state index is 6.72. The maximum absolute atomic E-state index is 6.72. The van der Waals surface area contributed by atoms with Crippen LogP contribution in [0.4, 0.5) is 0 Å². The Labute approximate surface area is 336 Å². The van der Waals surface area contributed by atoms with Crippen LogP contribution in [0.5, 0.6) is 0 Å². The van der Waals surface area contributed by atoms with Gasteiger partial charge < -0.3 is 9.31 Å². The highest BCUT2D eigenvalue weighted by molar-refractivity contribution is 6.62. The molecule has 0 spiro atoms. The lowest BCUT2D eigenvalue weighted by Crippen LogP contribution is -2.41. The lowest BCUT2D eigenvalue weighted by Gasteiger charge is -2.32. The molecule has 1 saturated heterocycles. The summed E-state index contributed by atoms with van der Waals surface area (Å²) in [5.74, 6) is 0. The molecule has 57 heavy (non-hydrogen) atoms. The monoisotopic (exact) mass is 740 g/mol. The van der Waals surface area contributed by atoms with Crippen molar-refractivity contribution in [2.24, 2.45) is 0 Å². The SMILES string of the molecule is CC1(C)OB(c2cc(-c3ccccc3-c3ccc(-c4ccccn4)cc3)cc(-c3ccccc3-c3cnc(-c4ccccc4)cc3C3=CCCC=C3)c2)OC1(C)C. The second-order valence-corrected chi connectivity index (χ2v) is 15.9. The summed E-state index contributed by atoms with van der Waals surface area (Å²) in [5, 5.41) is 0. The van der Waals surface area contributed by atoms with Crippen LogP contribution in [0, 0.1) is 0 Å². The fourth-order valence-electron chi connectivity index (χ4n) is 7.88. The van der Waals surface area contributed by atoms with Crippen LogP contribution in [0.25, 0.3) is 72.6 Å². The average Bonchev–Trinajstić information content (AvgIpc) is 3.49. The van der Waals surface area contributed by atoms with Crippen molar-refractivity contribution in [1.82, 2.24) is 9.97 Å². The minimum absolute atomic E-state index is 0.485. The van der Waals surface area contributed by atoms with E-state index in [0.717, 1.165) is 85.3 Å². The summed E-state index contributed by atoms with van der Waals surface area (Å²) in [5.41, 5.74) is 15.4. The van der Waals surface area contributed by atoms with E-state index in [9.17, 15) is 0 Å². The number of hydrogen-bond acceptors (Lipinski definition) is 4. The fraction of sp³-hybridized carbons (Fsp3) is 0.154. The second kappa shape index (κ2) is 15.1. The molecule has 9 rings (SSSR count). The Morgan fingerprint density at radius 3 is 1.68 bits per heavy atom. The predicted molar refractivity (Wildman–Crippen MR) is 237 cm³/mol. The predicted octanol–water partition coefficient (Wildman–Crippen LogP) is 12.5. The minimum Gasteiger partial charge on any atom is -0.399 e. The Hall–Kier alpha value is -6.14. The number of hydrogen-bond donors (Lipinski definition) is 0. The summed E-state index contributed by atoms with van der Waals surface area (Å²) < 4.78 is 13.4. The van der Waals surface area contributed by atoms with Crippen molar-refractivity contribution < 1.29 is 9.31 Å². The summed E-state index contributed by atoms with van der Waals surface area (Å²) in [6.07, 6.45) is 12.9. The van der Waals surface area contributed by atoms with E-state index in [2.05, 4.69) is 178 Å². The number of nitrogens with zero attached hydrogens (tertiary/aromatic N) is 2. The number of aromatic nitrogens is 2. The highest BCUT2D eigenvalue weighted by atomic mass is 16.7. The second-order valence-electron chi connectivity index (χ2n) is 15.9. The Kier molecular flexibility index (Phi) is 9.65. The smallest absolute Gasteiger partial charge is 0.399 e. The number of benzene rings is 5. The Morgan fingerprint density at radius 1 is 0.474 bits per heavy atom. The number of pyridine rings is 2. The van der Waals surface area contributed by atoms with Crippen LogP contribution in [0.1, 0.15) is 46.1 Å². The zero-order valence-electron chi connectivity index (χ0n) is 32.9.